The van der Waals surface area contributed by atoms with Gasteiger partial charge in [0.2, 0.25) is 0 Å². The number of hydrogen-bond acceptors (Lipinski definition) is 6. The molecule has 0 aliphatic rings. The van der Waals surface area contributed by atoms with Gasteiger partial charge in [-0.25, -0.2) is 0 Å². The summed E-state index contributed by atoms with van der Waals surface area (Å²) in [6.07, 6.45) is 1.49. The first-order chi connectivity index (χ1) is 9.90. The Morgan fingerprint density at radius 1 is 1.48 bits per heavy atom. The number of ether oxygens (including phenoxy) is 1. The highest BCUT2D eigenvalue weighted by atomic mass is 32.2. The third-order valence-corrected chi connectivity index (χ3v) is 3.33. The lowest BCUT2D eigenvalue weighted by Crippen LogP contribution is -2.26. The number of nitro benzene ring substituents is 1. The first-order valence-corrected chi connectivity index (χ1v) is 7.03. The van der Waals surface area contributed by atoms with Crippen molar-refractivity contribution < 1.29 is 24.4 Å². The van der Waals surface area contributed by atoms with Crippen LogP contribution in [0.15, 0.2) is 17.0 Å². The maximum atomic E-state index is 12.0. The van der Waals surface area contributed by atoms with Gasteiger partial charge in [-0.1, -0.05) is 0 Å². The predicted molar refractivity (Wildman–Crippen MR) is 76.0 cm³/mol. The van der Waals surface area contributed by atoms with Gasteiger partial charge in [-0.15, -0.1) is 11.8 Å². The van der Waals surface area contributed by atoms with Crippen molar-refractivity contribution in [2.75, 3.05) is 19.9 Å². The summed E-state index contributed by atoms with van der Waals surface area (Å²) < 4.78 is 5.04. The van der Waals surface area contributed by atoms with E-state index in [9.17, 15) is 19.7 Å². The number of hydrogen-bond donors (Lipinski definition) is 2. The second-order valence-corrected chi connectivity index (χ2v) is 4.73. The van der Waals surface area contributed by atoms with E-state index in [1.54, 1.807) is 6.26 Å². The fourth-order valence-electron chi connectivity index (χ4n) is 1.58. The maximum Gasteiger partial charge on any atom is 0.305 e. The minimum Gasteiger partial charge on any atom is -0.495 e. The molecule has 0 bridgehead atoms. The van der Waals surface area contributed by atoms with Gasteiger partial charge < -0.3 is 15.2 Å². The van der Waals surface area contributed by atoms with Crippen molar-refractivity contribution >= 4 is 29.3 Å². The van der Waals surface area contributed by atoms with Crippen molar-refractivity contribution in [2.24, 2.45) is 0 Å². The molecular formula is C12H14N2O6S. The van der Waals surface area contributed by atoms with Gasteiger partial charge in [-0.05, 0) is 12.3 Å². The molecule has 2 N–H and O–H groups in total. The number of nitro groups is 1. The monoisotopic (exact) mass is 314 g/mol. The summed E-state index contributed by atoms with van der Waals surface area (Å²) in [7, 11) is 1.38. The summed E-state index contributed by atoms with van der Waals surface area (Å²) in [5.41, 5.74) is -0.520. The molecule has 0 radical (unpaired) electrons. The number of nitrogens with one attached hydrogen (secondary N) is 1. The Balaban J connectivity index is 3.11. The van der Waals surface area contributed by atoms with Crippen LogP contribution in [0.3, 0.4) is 0 Å². The van der Waals surface area contributed by atoms with Gasteiger partial charge in [0.25, 0.3) is 11.6 Å². The maximum absolute atomic E-state index is 12.0. The van der Waals surface area contributed by atoms with Crippen LogP contribution in [0.4, 0.5) is 5.69 Å². The van der Waals surface area contributed by atoms with E-state index in [1.165, 1.54) is 31.0 Å². The molecule has 21 heavy (non-hydrogen) atoms. The van der Waals surface area contributed by atoms with Crippen LogP contribution in [0.5, 0.6) is 5.75 Å². The fourth-order valence-corrected chi connectivity index (χ4v) is 2.16. The van der Waals surface area contributed by atoms with E-state index in [0.29, 0.717) is 10.6 Å². The van der Waals surface area contributed by atoms with Crippen LogP contribution >= 0.6 is 11.8 Å². The SMILES string of the molecule is COc1cc([N+](=O)[O-])c(C(=O)NCCC(=O)O)cc1SC. The number of amides is 1. The molecule has 0 aliphatic carbocycles. The van der Waals surface area contributed by atoms with E-state index in [1.807, 2.05) is 0 Å². The van der Waals surface area contributed by atoms with Crippen LogP contribution in [0, 0.1) is 10.1 Å². The van der Waals surface area contributed by atoms with Crippen LogP contribution in [-0.2, 0) is 4.79 Å². The molecule has 0 heterocycles. The largest absolute Gasteiger partial charge is 0.495 e. The normalized spacial score (nSPS) is 10.0. The lowest BCUT2D eigenvalue weighted by atomic mass is 10.1. The Morgan fingerprint density at radius 3 is 2.62 bits per heavy atom. The molecular weight excluding hydrogens is 300 g/mol. The molecule has 0 saturated carbocycles. The first-order valence-electron chi connectivity index (χ1n) is 5.81. The molecule has 114 valence electrons. The number of rotatable bonds is 7. The Labute approximate surface area is 124 Å². The van der Waals surface area contributed by atoms with Crippen molar-refractivity contribution in [3.05, 3.63) is 27.8 Å². The molecule has 0 unspecified atom stereocenters. The summed E-state index contributed by atoms with van der Waals surface area (Å²) in [5.74, 6) is -1.46. The number of aliphatic carboxylic acids is 1. The number of carbonyl (C=O) groups excluding carboxylic acids is 1. The topological polar surface area (TPSA) is 119 Å². The van der Waals surface area contributed by atoms with Crippen LogP contribution in [0.1, 0.15) is 16.8 Å². The fraction of sp³-hybridized carbons (Fsp3) is 0.333. The molecule has 0 aromatic heterocycles. The summed E-state index contributed by atoms with van der Waals surface area (Å²) in [6.45, 7) is -0.105. The number of carboxylic acids is 1. The molecule has 1 rings (SSSR count). The first kappa shape index (κ1) is 16.8. The Morgan fingerprint density at radius 2 is 2.14 bits per heavy atom. The van der Waals surface area contributed by atoms with Gasteiger partial charge in [0, 0.05) is 6.54 Å². The molecule has 0 atom stereocenters. The van der Waals surface area contributed by atoms with Crippen LogP contribution in [-0.4, -0.2) is 41.8 Å². The van der Waals surface area contributed by atoms with Crippen LogP contribution < -0.4 is 10.1 Å². The number of nitrogens with zero attached hydrogens (tertiary/aromatic N) is 1. The second kappa shape index (κ2) is 7.48. The summed E-state index contributed by atoms with van der Waals surface area (Å²) in [6, 6.07) is 2.54. The minimum absolute atomic E-state index is 0.105. The number of thioether (sulfide) groups is 1. The molecule has 1 amide bonds. The average Bonchev–Trinajstić information content (AvgIpc) is 2.44. The highest BCUT2D eigenvalue weighted by Crippen LogP contribution is 2.34. The minimum atomic E-state index is -1.07. The van der Waals surface area contributed by atoms with E-state index in [4.69, 9.17) is 9.84 Å². The van der Waals surface area contributed by atoms with Crippen molar-refractivity contribution in [1.82, 2.24) is 5.32 Å². The van der Waals surface area contributed by atoms with E-state index in [-0.39, 0.29) is 18.5 Å². The van der Waals surface area contributed by atoms with Gasteiger partial charge in [0.15, 0.2) is 0 Å². The number of carboxylic acid groups (broad SMARTS) is 1. The third-order valence-electron chi connectivity index (χ3n) is 2.57. The highest BCUT2D eigenvalue weighted by molar-refractivity contribution is 7.98. The Hall–Kier alpha value is -2.29. The van der Waals surface area contributed by atoms with E-state index < -0.39 is 22.5 Å². The van der Waals surface area contributed by atoms with Gasteiger partial charge >= 0.3 is 5.97 Å². The number of carbonyl (C=O) groups is 2. The van der Waals surface area contributed by atoms with Crippen molar-refractivity contribution in [3.63, 3.8) is 0 Å². The smallest absolute Gasteiger partial charge is 0.305 e. The third kappa shape index (κ3) is 4.35. The molecule has 0 fully saturated rings. The lowest BCUT2D eigenvalue weighted by molar-refractivity contribution is -0.385. The standard InChI is InChI=1S/C12H14N2O6S/c1-20-9-6-8(14(18)19)7(5-10(9)21-2)12(17)13-4-3-11(15)16/h5-6H,3-4H2,1-2H3,(H,13,17)(H,15,16). The molecule has 9 heteroatoms. The Kier molecular flexibility index (Phi) is 5.97. The van der Waals surface area contributed by atoms with Gasteiger partial charge in [0.1, 0.15) is 11.3 Å². The predicted octanol–water partition coefficient (Wildman–Crippen LogP) is 1.53. The molecule has 1 aromatic carbocycles. The van der Waals surface area contributed by atoms with Crippen molar-refractivity contribution in [3.8, 4) is 5.75 Å². The van der Waals surface area contributed by atoms with E-state index >= 15 is 0 Å². The summed E-state index contributed by atoms with van der Waals surface area (Å²) in [4.78, 5) is 33.3. The van der Waals surface area contributed by atoms with Gasteiger partial charge in [-0.2, -0.15) is 0 Å². The zero-order valence-corrected chi connectivity index (χ0v) is 12.2. The Bertz CT molecular complexity index is 575. The zero-order chi connectivity index (χ0) is 16.0. The van der Waals surface area contributed by atoms with Crippen molar-refractivity contribution in [1.29, 1.82) is 0 Å². The van der Waals surface area contributed by atoms with Gasteiger partial charge in [-0.3, -0.25) is 19.7 Å². The van der Waals surface area contributed by atoms with Crippen LogP contribution in [0.25, 0.3) is 0 Å². The van der Waals surface area contributed by atoms with Crippen LogP contribution in [0.2, 0.25) is 0 Å². The molecule has 0 spiro atoms. The average molecular weight is 314 g/mol. The van der Waals surface area contributed by atoms with Gasteiger partial charge in [0.05, 0.1) is 29.4 Å². The van der Waals surface area contributed by atoms with E-state index in [0.717, 1.165) is 0 Å². The molecule has 1 aromatic rings. The lowest BCUT2D eigenvalue weighted by Gasteiger charge is -2.10. The molecule has 0 saturated heterocycles. The summed E-state index contributed by atoms with van der Waals surface area (Å²) in [5, 5.41) is 21.9. The number of benzene rings is 1. The highest BCUT2D eigenvalue weighted by Gasteiger charge is 2.23. The quantitative estimate of drug-likeness (QED) is 0.445. The van der Waals surface area contributed by atoms with E-state index in [2.05, 4.69) is 5.32 Å². The zero-order valence-electron chi connectivity index (χ0n) is 11.4. The molecule has 8 nitrogen and oxygen atoms in total. The summed E-state index contributed by atoms with van der Waals surface area (Å²) >= 11 is 1.28. The molecule has 0 aliphatic heterocycles. The van der Waals surface area contributed by atoms with Crippen molar-refractivity contribution in [2.45, 2.75) is 11.3 Å². The number of methoxy groups -OCH3 is 1. The second-order valence-electron chi connectivity index (χ2n) is 3.88.